The van der Waals surface area contributed by atoms with Gasteiger partial charge in [-0.1, -0.05) is 29.8 Å². The zero-order valence-corrected chi connectivity index (χ0v) is 16.7. The van der Waals surface area contributed by atoms with Crippen LogP contribution in [0.25, 0.3) is 10.9 Å². The number of nitrogens with zero attached hydrogens (tertiary/aromatic N) is 2. The lowest BCUT2D eigenvalue weighted by molar-refractivity contribution is -0.119. The number of benzene rings is 1. The van der Waals surface area contributed by atoms with E-state index in [1.54, 1.807) is 30.2 Å². The van der Waals surface area contributed by atoms with E-state index >= 15 is 0 Å². The summed E-state index contributed by atoms with van der Waals surface area (Å²) >= 11 is 7.16. The van der Waals surface area contributed by atoms with Crippen LogP contribution in [0.3, 0.4) is 0 Å². The molecule has 3 aromatic rings. The van der Waals surface area contributed by atoms with Crippen molar-refractivity contribution in [3.63, 3.8) is 0 Å². The minimum Gasteiger partial charge on any atom is -0.380 e. The molecule has 1 fully saturated rings. The summed E-state index contributed by atoms with van der Waals surface area (Å²) in [6.07, 6.45) is 0.237. The van der Waals surface area contributed by atoms with Crippen molar-refractivity contribution in [2.45, 2.75) is 18.6 Å². The highest BCUT2D eigenvalue weighted by Gasteiger charge is 2.40. The first-order valence-electron chi connectivity index (χ1n) is 8.81. The van der Waals surface area contributed by atoms with Crippen LogP contribution < -0.4 is 5.32 Å². The van der Waals surface area contributed by atoms with Crippen molar-refractivity contribution < 1.29 is 14.3 Å². The Morgan fingerprint density at radius 2 is 2.04 bits per heavy atom. The largest absolute Gasteiger partial charge is 0.380 e. The highest BCUT2D eigenvalue weighted by atomic mass is 35.5. The predicted octanol–water partition coefficient (Wildman–Crippen LogP) is 3.82. The van der Waals surface area contributed by atoms with Gasteiger partial charge in [0, 0.05) is 25.5 Å². The lowest BCUT2D eigenvalue weighted by atomic mass is 10.1. The third kappa shape index (κ3) is 3.73. The molecule has 0 unspecified atom stereocenters. The van der Waals surface area contributed by atoms with Gasteiger partial charge in [0.25, 0.3) is 5.91 Å². The van der Waals surface area contributed by atoms with E-state index in [1.807, 2.05) is 30.3 Å². The number of methoxy groups -OCH3 is 1. The average Bonchev–Trinajstić information content (AvgIpc) is 3.34. The van der Waals surface area contributed by atoms with Crippen LogP contribution >= 0.6 is 22.9 Å². The van der Waals surface area contributed by atoms with Gasteiger partial charge in [0.2, 0.25) is 5.91 Å². The minimum absolute atomic E-state index is 0.195. The molecule has 0 radical (unpaired) electrons. The summed E-state index contributed by atoms with van der Waals surface area (Å²) in [7, 11) is 1.58. The lowest BCUT2D eigenvalue weighted by Crippen LogP contribution is -2.43. The number of hydrogen-bond acceptors (Lipinski definition) is 5. The molecule has 144 valence electrons. The Morgan fingerprint density at radius 1 is 1.21 bits per heavy atom. The highest BCUT2D eigenvalue weighted by Crippen LogP contribution is 2.28. The van der Waals surface area contributed by atoms with Crippen LogP contribution in [0.1, 0.15) is 16.1 Å². The predicted molar refractivity (Wildman–Crippen MR) is 110 cm³/mol. The summed E-state index contributed by atoms with van der Waals surface area (Å²) in [6, 6.07) is 14.1. The van der Waals surface area contributed by atoms with Gasteiger partial charge in [0.15, 0.2) is 0 Å². The summed E-state index contributed by atoms with van der Waals surface area (Å²) in [6.45, 7) is 0.355. The molecule has 6 nitrogen and oxygen atoms in total. The van der Waals surface area contributed by atoms with Crippen LogP contribution in [-0.4, -0.2) is 47.5 Å². The van der Waals surface area contributed by atoms with Gasteiger partial charge in [-0.2, -0.15) is 0 Å². The number of ether oxygens (including phenoxy) is 1. The maximum atomic E-state index is 12.9. The molecular weight excluding hydrogens is 398 g/mol. The lowest BCUT2D eigenvalue weighted by Gasteiger charge is -2.23. The molecule has 28 heavy (non-hydrogen) atoms. The van der Waals surface area contributed by atoms with E-state index in [-0.39, 0.29) is 17.9 Å². The van der Waals surface area contributed by atoms with Crippen LogP contribution in [0.5, 0.6) is 0 Å². The second-order valence-electron chi connectivity index (χ2n) is 6.55. The van der Waals surface area contributed by atoms with Crippen LogP contribution in [-0.2, 0) is 9.53 Å². The number of amides is 2. The number of halogens is 1. The van der Waals surface area contributed by atoms with Gasteiger partial charge in [-0.25, -0.2) is 4.98 Å². The number of carbonyl (C=O) groups excluding carboxylic acids is 2. The fourth-order valence-corrected chi connectivity index (χ4v) is 4.36. The maximum Gasteiger partial charge on any atom is 0.264 e. The molecule has 1 aliphatic rings. The van der Waals surface area contributed by atoms with Crippen molar-refractivity contribution in [3.05, 3.63) is 57.7 Å². The number of aromatic nitrogens is 1. The quantitative estimate of drug-likeness (QED) is 0.703. The summed E-state index contributed by atoms with van der Waals surface area (Å²) in [5.41, 5.74) is 0.794. The first kappa shape index (κ1) is 18.9. The van der Waals surface area contributed by atoms with Gasteiger partial charge in [-0.15, -0.1) is 11.3 Å². The number of hydrogen-bond donors (Lipinski definition) is 1. The molecule has 2 aromatic heterocycles. The molecule has 1 saturated heterocycles. The normalized spacial score (nSPS) is 19.1. The van der Waals surface area contributed by atoms with Gasteiger partial charge in [0.05, 0.1) is 20.8 Å². The van der Waals surface area contributed by atoms with E-state index in [2.05, 4.69) is 10.3 Å². The molecule has 0 bridgehead atoms. The smallest absolute Gasteiger partial charge is 0.264 e. The Balaban J connectivity index is 1.55. The maximum absolute atomic E-state index is 12.9. The molecule has 4 rings (SSSR count). The summed E-state index contributed by atoms with van der Waals surface area (Å²) in [5, 5.41) is 3.83. The van der Waals surface area contributed by atoms with Gasteiger partial charge in [-0.3, -0.25) is 9.59 Å². The number of pyridine rings is 1. The third-order valence-corrected chi connectivity index (χ3v) is 6.01. The molecule has 1 N–H and O–H groups in total. The molecule has 8 heteroatoms. The average molecular weight is 416 g/mol. The van der Waals surface area contributed by atoms with E-state index in [4.69, 9.17) is 16.3 Å². The molecule has 0 saturated carbocycles. The molecule has 1 aliphatic heterocycles. The zero-order valence-electron chi connectivity index (χ0n) is 15.1. The van der Waals surface area contributed by atoms with Crippen molar-refractivity contribution in [2.24, 2.45) is 0 Å². The number of thiophene rings is 1. The first-order valence-corrected chi connectivity index (χ1v) is 10.0. The molecule has 2 atom stereocenters. The Morgan fingerprint density at radius 3 is 2.79 bits per heavy atom. The molecule has 0 aliphatic carbocycles. The third-order valence-electron chi connectivity index (χ3n) is 4.79. The number of likely N-dealkylation sites (tertiary alicyclic amines) is 1. The number of nitrogens with one attached hydrogen (secondary N) is 1. The Hall–Kier alpha value is -2.48. The fraction of sp³-hybridized carbons (Fsp3) is 0.250. The van der Waals surface area contributed by atoms with Crippen LogP contribution in [0.2, 0.25) is 4.34 Å². The van der Waals surface area contributed by atoms with Crippen molar-refractivity contribution in [1.82, 2.24) is 9.88 Å². The van der Waals surface area contributed by atoms with Gasteiger partial charge in [-0.05, 0) is 30.3 Å². The number of carbonyl (C=O) groups is 2. The van der Waals surface area contributed by atoms with E-state index in [1.165, 1.54) is 11.3 Å². The number of para-hydroxylation sites is 1. The van der Waals surface area contributed by atoms with Gasteiger partial charge >= 0.3 is 0 Å². The monoisotopic (exact) mass is 415 g/mol. The van der Waals surface area contributed by atoms with E-state index in [9.17, 15) is 9.59 Å². The van der Waals surface area contributed by atoms with E-state index < -0.39 is 6.04 Å². The number of fused-ring (bicyclic) bond motifs is 1. The minimum atomic E-state index is -0.633. The molecule has 1 aromatic carbocycles. The van der Waals surface area contributed by atoms with Crippen LogP contribution in [0.4, 0.5) is 5.82 Å². The SMILES string of the molecule is CO[C@@H]1C[C@@H](C(=O)Nc2ccc3ccccc3n2)N(C(=O)c2ccc(Cl)s2)C1. The Bertz CT molecular complexity index is 1040. The van der Waals surface area contributed by atoms with E-state index in [0.29, 0.717) is 28.0 Å². The number of anilines is 1. The second-order valence-corrected chi connectivity index (χ2v) is 8.26. The van der Waals surface area contributed by atoms with Crippen molar-refractivity contribution in [2.75, 3.05) is 19.0 Å². The topological polar surface area (TPSA) is 71.5 Å². The Labute approximate surface area is 171 Å². The Kier molecular flexibility index (Phi) is 5.30. The zero-order chi connectivity index (χ0) is 19.7. The number of rotatable bonds is 4. The molecule has 3 heterocycles. The highest BCUT2D eigenvalue weighted by molar-refractivity contribution is 7.18. The standard InChI is InChI=1S/C20H18ClN3O3S/c1-27-13-10-15(24(11-13)20(26)16-7-8-17(21)28-16)19(25)23-18-9-6-12-4-2-3-5-14(12)22-18/h2-9,13,15H,10-11H2,1H3,(H,22,23,25)/t13-,15+/m1/s1. The van der Waals surface area contributed by atoms with Gasteiger partial charge in [0.1, 0.15) is 11.9 Å². The van der Waals surface area contributed by atoms with Crippen molar-refractivity contribution >= 4 is 51.5 Å². The molecular formula is C20H18ClN3O3S. The second kappa shape index (κ2) is 7.87. The summed E-state index contributed by atoms with van der Waals surface area (Å²) in [4.78, 5) is 32.4. The summed E-state index contributed by atoms with van der Waals surface area (Å²) < 4.78 is 5.94. The van der Waals surface area contributed by atoms with Crippen LogP contribution in [0, 0.1) is 0 Å². The van der Waals surface area contributed by atoms with Crippen molar-refractivity contribution in [1.29, 1.82) is 0 Å². The van der Waals surface area contributed by atoms with Gasteiger partial charge < -0.3 is 15.0 Å². The first-order chi connectivity index (χ1) is 13.5. The molecule has 0 spiro atoms. The molecule has 2 amide bonds. The van der Waals surface area contributed by atoms with Crippen LogP contribution in [0.15, 0.2) is 48.5 Å². The van der Waals surface area contributed by atoms with E-state index in [0.717, 1.165) is 10.9 Å². The van der Waals surface area contributed by atoms with Crippen molar-refractivity contribution in [3.8, 4) is 0 Å². The summed E-state index contributed by atoms with van der Waals surface area (Å²) in [5.74, 6) is -0.0439. The fourth-order valence-electron chi connectivity index (χ4n) is 3.36.